The Hall–Kier alpha value is -1.95. The van der Waals surface area contributed by atoms with Crippen LogP contribution in [-0.4, -0.2) is 28.9 Å². The Morgan fingerprint density at radius 1 is 1.53 bits per heavy atom. The molecule has 0 bridgehead atoms. The van der Waals surface area contributed by atoms with Gasteiger partial charge < -0.3 is 10.4 Å². The third-order valence-corrected chi connectivity index (χ3v) is 2.13. The van der Waals surface area contributed by atoms with Crippen LogP contribution >= 0.6 is 12.2 Å². The number of nitrogens with zero attached hydrogens (tertiary/aromatic N) is 1. The molecule has 6 heteroatoms. The van der Waals surface area contributed by atoms with Gasteiger partial charge in [-0.25, -0.2) is 4.79 Å². The van der Waals surface area contributed by atoms with Crippen molar-refractivity contribution in [1.29, 1.82) is 0 Å². The fraction of sp³-hybridized carbons (Fsp3) is 0.182. The molecule has 0 unspecified atom stereocenters. The summed E-state index contributed by atoms with van der Waals surface area (Å²) in [7, 11) is 0. The van der Waals surface area contributed by atoms with Gasteiger partial charge in [0.05, 0.1) is 11.8 Å². The predicted molar refractivity (Wildman–Crippen MR) is 70.4 cm³/mol. The normalized spacial score (nSPS) is 10.2. The number of rotatable bonds is 4. The molecular formula is C11H13N3O2S. The third kappa shape index (κ3) is 4.20. The molecule has 0 aromatic heterocycles. The second kappa shape index (κ2) is 6.59. The molecule has 0 aliphatic rings. The van der Waals surface area contributed by atoms with Crippen molar-refractivity contribution >= 4 is 29.5 Å². The van der Waals surface area contributed by atoms with Crippen molar-refractivity contribution in [2.45, 2.75) is 6.92 Å². The summed E-state index contributed by atoms with van der Waals surface area (Å²) in [5, 5.41) is 16.1. The maximum absolute atomic E-state index is 10.9. The monoisotopic (exact) mass is 251 g/mol. The lowest BCUT2D eigenvalue weighted by atomic mass is 10.1. The standard InChI is InChI=1S/C11H13N3O2S/c1-2-12-11(17)14-13-7-8-5-3-4-6-9(8)10(15)16/h3-7H,2H2,1H3,(H,15,16)(H2,12,14,17). The second-order valence-electron chi connectivity index (χ2n) is 3.12. The third-order valence-electron chi connectivity index (χ3n) is 1.90. The van der Waals surface area contributed by atoms with Gasteiger partial charge in [-0.05, 0) is 25.2 Å². The van der Waals surface area contributed by atoms with Gasteiger partial charge in [-0.2, -0.15) is 5.10 Å². The number of carboxylic acid groups (broad SMARTS) is 1. The summed E-state index contributed by atoms with van der Waals surface area (Å²) in [4.78, 5) is 10.9. The van der Waals surface area contributed by atoms with Gasteiger partial charge in [0, 0.05) is 12.1 Å². The van der Waals surface area contributed by atoms with Gasteiger partial charge in [-0.1, -0.05) is 18.2 Å². The number of thiocarbonyl (C=S) groups is 1. The van der Waals surface area contributed by atoms with Crippen LogP contribution in [-0.2, 0) is 0 Å². The molecule has 0 fully saturated rings. The summed E-state index contributed by atoms with van der Waals surface area (Å²) < 4.78 is 0. The largest absolute Gasteiger partial charge is 0.478 e. The number of nitrogens with one attached hydrogen (secondary N) is 2. The molecule has 0 amide bonds. The number of carboxylic acids is 1. The van der Waals surface area contributed by atoms with Crippen LogP contribution in [0.4, 0.5) is 0 Å². The highest BCUT2D eigenvalue weighted by Crippen LogP contribution is 2.05. The first-order valence-electron chi connectivity index (χ1n) is 5.04. The fourth-order valence-corrected chi connectivity index (χ4v) is 1.36. The second-order valence-corrected chi connectivity index (χ2v) is 3.53. The van der Waals surface area contributed by atoms with Crippen LogP contribution < -0.4 is 10.7 Å². The molecule has 0 saturated heterocycles. The molecular weight excluding hydrogens is 238 g/mol. The van der Waals surface area contributed by atoms with E-state index in [0.717, 1.165) is 0 Å². The molecule has 90 valence electrons. The van der Waals surface area contributed by atoms with Crippen LogP contribution in [0.15, 0.2) is 29.4 Å². The van der Waals surface area contributed by atoms with Crippen molar-refractivity contribution in [1.82, 2.24) is 10.7 Å². The Bertz CT molecular complexity index is 446. The number of hydrogen-bond acceptors (Lipinski definition) is 3. The number of hydrazone groups is 1. The molecule has 1 aromatic carbocycles. The molecule has 1 rings (SSSR count). The molecule has 1 aromatic rings. The molecule has 0 radical (unpaired) electrons. The zero-order valence-corrected chi connectivity index (χ0v) is 10.1. The van der Waals surface area contributed by atoms with Crippen molar-refractivity contribution in [2.75, 3.05) is 6.54 Å². The van der Waals surface area contributed by atoms with Crippen LogP contribution in [0.2, 0.25) is 0 Å². The van der Waals surface area contributed by atoms with E-state index >= 15 is 0 Å². The molecule has 0 atom stereocenters. The number of benzene rings is 1. The van der Waals surface area contributed by atoms with E-state index < -0.39 is 5.97 Å². The highest BCUT2D eigenvalue weighted by molar-refractivity contribution is 7.80. The zero-order chi connectivity index (χ0) is 12.7. The number of hydrogen-bond donors (Lipinski definition) is 3. The minimum absolute atomic E-state index is 0.201. The Balaban J connectivity index is 2.71. The van der Waals surface area contributed by atoms with Crippen molar-refractivity contribution in [3.05, 3.63) is 35.4 Å². The summed E-state index contributed by atoms with van der Waals surface area (Å²) in [5.74, 6) is -0.985. The first-order valence-corrected chi connectivity index (χ1v) is 5.45. The maximum atomic E-state index is 10.9. The fourth-order valence-electron chi connectivity index (χ4n) is 1.16. The molecule has 0 aliphatic heterocycles. The average Bonchev–Trinajstić information content (AvgIpc) is 2.30. The highest BCUT2D eigenvalue weighted by Gasteiger charge is 2.06. The summed E-state index contributed by atoms with van der Waals surface area (Å²) in [6, 6.07) is 6.60. The molecule has 0 spiro atoms. The van der Waals surface area contributed by atoms with Crippen LogP contribution in [0, 0.1) is 0 Å². The quantitative estimate of drug-likeness (QED) is 0.426. The van der Waals surface area contributed by atoms with Crippen molar-refractivity contribution < 1.29 is 9.90 Å². The smallest absolute Gasteiger partial charge is 0.336 e. The topological polar surface area (TPSA) is 73.7 Å². The predicted octanol–water partition coefficient (Wildman–Crippen LogP) is 1.20. The van der Waals surface area contributed by atoms with Crippen molar-refractivity contribution in [3.63, 3.8) is 0 Å². The van der Waals surface area contributed by atoms with Gasteiger partial charge in [0.2, 0.25) is 0 Å². The Labute approximate surface area is 105 Å². The summed E-state index contributed by atoms with van der Waals surface area (Å²) >= 11 is 4.90. The van der Waals surface area contributed by atoms with Crippen LogP contribution in [0.25, 0.3) is 0 Å². The summed E-state index contributed by atoms with van der Waals surface area (Å²) in [5.41, 5.74) is 3.32. The Morgan fingerprint density at radius 2 is 2.24 bits per heavy atom. The maximum Gasteiger partial charge on any atom is 0.336 e. The minimum atomic E-state index is -0.985. The lowest BCUT2D eigenvalue weighted by Gasteiger charge is -2.03. The van der Waals surface area contributed by atoms with Gasteiger partial charge in [0.25, 0.3) is 0 Å². The number of carbonyl (C=O) groups is 1. The van der Waals surface area contributed by atoms with Crippen LogP contribution in [0.1, 0.15) is 22.8 Å². The lowest BCUT2D eigenvalue weighted by Crippen LogP contribution is -2.31. The molecule has 5 nitrogen and oxygen atoms in total. The Kier molecular flexibility index (Phi) is 5.09. The van der Waals surface area contributed by atoms with Crippen LogP contribution in [0.3, 0.4) is 0 Å². The van der Waals surface area contributed by atoms with Gasteiger partial charge in [-0.15, -0.1) is 0 Å². The van der Waals surface area contributed by atoms with Gasteiger partial charge >= 0.3 is 5.97 Å². The molecule has 0 saturated carbocycles. The van der Waals surface area contributed by atoms with Crippen molar-refractivity contribution in [3.8, 4) is 0 Å². The minimum Gasteiger partial charge on any atom is -0.478 e. The average molecular weight is 251 g/mol. The van der Waals surface area contributed by atoms with Crippen LogP contribution in [0.5, 0.6) is 0 Å². The first-order chi connectivity index (χ1) is 8.15. The summed E-state index contributed by atoms with van der Waals surface area (Å²) in [6.07, 6.45) is 1.42. The van der Waals surface area contributed by atoms with E-state index in [1.807, 2.05) is 6.92 Å². The summed E-state index contributed by atoms with van der Waals surface area (Å²) in [6.45, 7) is 2.62. The van der Waals surface area contributed by atoms with Crippen molar-refractivity contribution in [2.24, 2.45) is 5.10 Å². The van der Waals surface area contributed by atoms with Gasteiger partial charge in [-0.3, -0.25) is 5.43 Å². The van der Waals surface area contributed by atoms with E-state index in [0.29, 0.717) is 17.2 Å². The van der Waals surface area contributed by atoms with E-state index in [9.17, 15) is 4.79 Å². The first kappa shape index (κ1) is 13.1. The SMILES string of the molecule is CCNC(=S)NN=Cc1ccccc1C(=O)O. The van der Waals surface area contributed by atoms with Gasteiger partial charge in [0.1, 0.15) is 0 Å². The lowest BCUT2D eigenvalue weighted by molar-refractivity contribution is 0.0697. The molecule has 3 N–H and O–H groups in total. The highest BCUT2D eigenvalue weighted by atomic mass is 32.1. The molecule has 0 aliphatic carbocycles. The van der Waals surface area contributed by atoms with E-state index in [-0.39, 0.29) is 5.56 Å². The molecule has 17 heavy (non-hydrogen) atoms. The zero-order valence-electron chi connectivity index (χ0n) is 9.30. The van der Waals surface area contributed by atoms with E-state index in [2.05, 4.69) is 15.8 Å². The van der Waals surface area contributed by atoms with Gasteiger partial charge in [0.15, 0.2) is 5.11 Å². The Morgan fingerprint density at radius 3 is 2.88 bits per heavy atom. The van der Waals surface area contributed by atoms with E-state index in [4.69, 9.17) is 17.3 Å². The number of aromatic carboxylic acids is 1. The van der Waals surface area contributed by atoms with E-state index in [1.165, 1.54) is 12.3 Å². The van der Waals surface area contributed by atoms with E-state index in [1.54, 1.807) is 18.2 Å². The molecule has 0 heterocycles.